The Bertz CT molecular complexity index is 796. The van der Waals surface area contributed by atoms with Gasteiger partial charge in [-0.1, -0.05) is 6.07 Å². The van der Waals surface area contributed by atoms with Crippen molar-refractivity contribution in [1.82, 2.24) is 10.6 Å². The number of nitrogens with one attached hydrogen (secondary N) is 2. The Morgan fingerprint density at radius 2 is 1.92 bits per heavy atom. The van der Waals surface area contributed by atoms with Crippen LogP contribution in [0.1, 0.15) is 18.1 Å². The molecule has 3 rings (SSSR count). The molecule has 138 valence electrons. The minimum Gasteiger partial charge on any atom is -0.454 e. The van der Waals surface area contributed by atoms with Crippen molar-refractivity contribution in [2.24, 2.45) is 4.99 Å². The zero-order valence-corrected chi connectivity index (χ0v) is 14.5. The van der Waals surface area contributed by atoms with E-state index in [9.17, 15) is 8.78 Å². The third kappa shape index (κ3) is 4.62. The number of rotatable bonds is 6. The van der Waals surface area contributed by atoms with Gasteiger partial charge in [0.25, 0.3) is 0 Å². The quantitative estimate of drug-likeness (QED) is 0.614. The maximum absolute atomic E-state index is 13.7. The molecule has 26 heavy (non-hydrogen) atoms. The molecule has 0 atom stereocenters. The molecule has 0 bridgehead atoms. The molecular formula is C19H21F2N3O2. The number of hydrogen-bond donors (Lipinski definition) is 2. The van der Waals surface area contributed by atoms with Gasteiger partial charge in [0.1, 0.15) is 11.6 Å². The number of nitrogens with zero attached hydrogens (tertiary/aromatic N) is 1. The Kier molecular flexibility index (Phi) is 5.88. The van der Waals surface area contributed by atoms with Gasteiger partial charge in [-0.3, -0.25) is 0 Å². The zero-order valence-electron chi connectivity index (χ0n) is 14.5. The second-order valence-electron chi connectivity index (χ2n) is 5.80. The summed E-state index contributed by atoms with van der Waals surface area (Å²) in [5.74, 6) is 1.12. The fourth-order valence-corrected chi connectivity index (χ4v) is 2.59. The van der Waals surface area contributed by atoms with E-state index in [1.807, 2.05) is 25.1 Å². The van der Waals surface area contributed by atoms with Gasteiger partial charge in [-0.15, -0.1) is 0 Å². The number of halogens is 2. The van der Waals surface area contributed by atoms with Crippen molar-refractivity contribution in [2.75, 3.05) is 19.9 Å². The molecule has 0 aromatic heterocycles. The Morgan fingerprint density at radius 1 is 1.08 bits per heavy atom. The molecule has 5 nitrogen and oxygen atoms in total. The van der Waals surface area contributed by atoms with Crippen molar-refractivity contribution < 1.29 is 18.3 Å². The molecule has 1 aliphatic heterocycles. The van der Waals surface area contributed by atoms with Crippen molar-refractivity contribution in [3.05, 3.63) is 59.2 Å². The molecule has 0 spiro atoms. The van der Waals surface area contributed by atoms with E-state index in [-0.39, 0.29) is 18.9 Å². The average molecular weight is 361 g/mol. The first-order chi connectivity index (χ1) is 12.7. The third-order valence-corrected chi connectivity index (χ3v) is 3.90. The molecule has 2 aromatic carbocycles. The van der Waals surface area contributed by atoms with E-state index in [1.54, 1.807) is 0 Å². The summed E-state index contributed by atoms with van der Waals surface area (Å²) >= 11 is 0. The van der Waals surface area contributed by atoms with Crippen molar-refractivity contribution in [1.29, 1.82) is 0 Å². The second-order valence-corrected chi connectivity index (χ2v) is 5.80. The van der Waals surface area contributed by atoms with E-state index in [0.717, 1.165) is 41.7 Å². The molecular weight excluding hydrogens is 340 g/mol. The first-order valence-corrected chi connectivity index (χ1v) is 8.50. The standard InChI is InChI=1S/C19H21F2N3O2/c1-2-22-19(24-11-14-10-15(20)4-5-16(14)21)23-8-7-13-3-6-17-18(9-13)26-12-25-17/h3-6,9-10H,2,7-8,11-12H2,1H3,(H2,22,23,24). The maximum Gasteiger partial charge on any atom is 0.231 e. The van der Waals surface area contributed by atoms with Crippen LogP contribution in [0.4, 0.5) is 8.78 Å². The summed E-state index contributed by atoms with van der Waals surface area (Å²) in [5.41, 5.74) is 1.33. The largest absolute Gasteiger partial charge is 0.454 e. The van der Waals surface area contributed by atoms with Crippen LogP contribution in [0.15, 0.2) is 41.4 Å². The van der Waals surface area contributed by atoms with Crippen LogP contribution in [-0.4, -0.2) is 25.8 Å². The highest BCUT2D eigenvalue weighted by Crippen LogP contribution is 2.32. The predicted octanol–water partition coefficient (Wildman–Crippen LogP) is 2.99. The number of aliphatic imine (C=N–C) groups is 1. The van der Waals surface area contributed by atoms with Gasteiger partial charge in [0.15, 0.2) is 17.5 Å². The highest BCUT2D eigenvalue weighted by atomic mass is 19.1. The lowest BCUT2D eigenvalue weighted by molar-refractivity contribution is 0.174. The van der Waals surface area contributed by atoms with E-state index in [1.165, 1.54) is 0 Å². The van der Waals surface area contributed by atoms with Crippen LogP contribution in [0.25, 0.3) is 0 Å². The van der Waals surface area contributed by atoms with Crippen molar-refractivity contribution >= 4 is 5.96 Å². The van der Waals surface area contributed by atoms with Crippen LogP contribution in [0.5, 0.6) is 11.5 Å². The Labute approximate surface area is 151 Å². The van der Waals surface area contributed by atoms with Crippen LogP contribution in [0, 0.1) is 11.6 Å². The van der Waals surface area contributed by atoms with Crippen molar-refractivity contribution in [2.45, 2.75) is 19.9 Å². The van der Waals surface area contributed by atoms with Gasteiger partial charge in [-0.25, -0.2) is 13.8 Å². The molecule has 0 saturated carbocycles. The summed E-state index contributed by atoms with van der Waals surface area (Å²) in [6.07, 6.45) is 0.759. The second kappa shape index (κ2) is 8.51. The van der Waals surface area contributed by atoms with Gasteiger partial charge < -0.3 is 20.1 Å². The first-order valence-electron chi connectivity index (χ1n) is 8.50. The minimum absolute atomic E-state index is 0.0585. The molecule has 1 heterocycles. The lowest BCUT2D eigenvalue weighted by atomic mass is 10.1. The van der Waals surface area contributed by atoms with E-state index in [0.29, 0.717) is 19.0 Å². The number of benzene rings is 2. The fraction of sp³-hybridized carbons (Fsp3) is 0.316. The predicted molar refractivity (Wildman–Crippen MR) is 95.4 cm³/mol. The number of hydrogen-bond acceptors (Lipinski definition) is 3. The molecule has 7 heteroatoms. The molecule has 2 N–H and O–H groups in total. The normalized spacial score (nSPS) is 13.0. The average Bonchev–Trinajstić information content (AvgIpc) is 3.10. The summed E-state index contributed by atoms with van der Waals surface area (Å²) in [5, 5.41) is 6.28. The Balaban J connectivity index is 1.57. The fourth-order valence-electron chi connectivity index (χ4n) is 2.59. The molecule has 0 fully saturated rings. The van der Waals surface area contributed by atoms with Gasteiger partial charge >= 0.3 is 0 Å². The van der Waals surface area contributed by atoms with Gasteiger partial charge in [0.2, 0.25) is 6.79 Å². The van der Waals surface area contributed by atoms with Crippen LogP contribution in [0.2, 0.25) is 0 Å². The Morgan fingerprint density at radius 3 is 2.77 bits per heavy atom. The van der Waals surface area contributed by atoms with E-state index in [2.05, 4.69) is 15.6 Å². The van der Waals surface area contributed by atoms with Gasteiger partial charge in [0, 0.05) is 18.7 Å². The SMILES string of the molecule is CCNC(=NCc1cc(F)ccc1F)NCCc1ccc2c(c1)OCO2. The van der Waals surface area contributed by atoms with E-state index < -0.39 is 11.6 Å². The molecule has 1 aliphatic rings. The molecule has 2 aromatic rings. The van der Waals surface area contributed by atoms with E-state index >= 15 is 0 Å². The topological polar surface area (TPSA) is 54.9 Å². The lowest BCUT2D eigenvalue weighted by Crippen LogP contribution is -2.38. The van der Waals surface area contributed by atoms with Gasteiger partial charge in [-0.05, 0) is 49.2 Å². The maximum atomic E-state index is 13.7. The van der Waals surface area contributed by atoms with Crippen LogP contribution in [-0.2, 0) is 13.0 Å². The lowest BCUT2D eigenvalue weighted by Gasteiger charge is -2.12. The molecule has 0 aliphatic carbocycles. The van der Waals surface area contributed by atoms with Crippen molar-refractivity contribution in [3.63, 3.8) is 0 Å². The number of ether oxygens (including phenoxy) is 2. The molecule has 0 amide bonds. The highest BCUT2D eigenvalue weighted by Gasteiger charge is 2.13. The minimum atomic E-state index is -0.475. The molecule has 0 saturated heterocycles. The summed E-state index contributed by atoms with van der Waals surface area (Å²) in [6.45, 7) is 3.56. The van der Waals surface area contributed by atoms with Crippen LogP contribution >= 0.6 is 0 Å². The van der Waals surface area contributed by atoms with Gasteiger partial charge in [-0.2, -0.15) is 0 Å². The summed E-state index contributed by atoms with van der Waals surface area (Å²) < 4.78 is 37.6. The summed E-state index contributed by atoms with van der Waals surface area (Å²) in [4.78, 5) is 4.32. The molecule has 0 unspecified atom stereocenters. The summed E-state index contributed by atoms with van der Waals surface area (Å²) in [6, 6.07) is 9.20. The van der Waals surface area contributed by atoms with E-state index in [4.69, 9.17) is 9.47 Å². The van der Waals surface area contributed by atoms with Crippen LogP contribution < -0.4 is 20.1 Å². The first kappa shape index (κ1) is 18.0. The molecule has 0 radical (unpaired) electrons. The van der Waals surface area contributed by atoms with Gasteiger partial charge in [0.05, 0.1) is 6.54 Å². The third-order valence-electron chi connectivity index (χ3n) is 3.90. The monoisotopic (exact) mass is 361 g/mol. The number of guanidine groups is 1. The highest BCUT2D eigenvalue weighted by molar-refractivity contribution is 5.79. The summed E-state index contributed by atoms with van der Waals surface area (Å²) in [7, 11) is 0. The van der Waals surface area contributed by atoms with Crippen molar-refractivity contribution in [3.8, 4) is 11.5 Å². The Hall–Kier alpha value is -2.83. The number of fused-ring (bicyclic) bond motifs is 1. The zero-order chi connectivity index (χ0) is 18.4. The smallest absolute Gasteiger partial charge is 0.231 e. The van der Waals surface area contributed by atoms with Crippen LogP contribution in [0.3, 0.4) is 0 Å².